The summed E-state index contributed by atoms with van der Waals surface area (Å²) in [4.78, 5) is 11.4. The number of hydrogen-bond acceptors (Lipinski definition) is 3. The molecule has 1 aromatic heterocycles. The minimum absolute atomic E-state index is 0.0919. The van der Waals surface area contributed by atoms with Crippen molar-refractivity contribution in [2.75, 3.05) is 0 Å². The lowest BCUT2D eigenvalue weighted by atomic mass is 10.2. The standard InChI is InChI=1S/C9H14N4OS/c1-6-7(5-12-13(6)2)4-11-9(14)3-8(10)15/h5H,3-4H2,1-2H3,(H2,10,15)(H,11,14). The third-order valence-corrected chi connectivity index (χ3v) is 2.29. The largest absolute Gasteiger partial charge is 0.393 e. The average molecular weight is 226 g/mol. The highest BCUT2D eigenvalue weighted by atomic mass is 32.1. The van der Waals surface area contributed by atoms with E-state index in [1.54, 1.807) is 10.9 Å². The Kier molecular flexibility index (Phi) is 3.79. The fraction of sp³-hybridized carbons (Fsp3) is 0.444. The Morgan fingerprint density at radius 2 is 2.40 bits per heavy atom. The predicted molar refractivity (Wildman–Crippen MR) is 61.2 cm³/mol. The molecule has 5 nitrogen and oxygen atoms in total. The van der Waals surface area contributed by atoms with Crippen LogP contribution in [0.25, 0.3) is 0 Å². The molecule has 0 aliphatic heterocycles. The van der Waals surface area contributed by atoms with Crippen LogP contribution in [-0.4, -0.2) is 20.7 Å². The van der Waals surface area contributed by atoms with Crippen LogP contribution in [0.3, 0.4) is 0 Å². The molecular weight excluding hydrogens is 212 g/mol. The monoisotopic (exact) mass is 226 g/mol. The van der Waals surface area contributed by atoms with Crippen molar-refractivity contribution in [2.24, 2.45) is 12.8 Å². The van der Waals surface area contributed by atoms with E-state index in [0.717, 1.165) is 11.3 Å². The van der Waals surface area contributed by atoms with E-state index in [4.69, 9.17) is 5.73 Å². The maximum Gasteiger partial charge on any atom is 0.227 e. The van der Waals surface area contributed by atoms with E-state index in [1.807, 2.05) is 14.0 Å². The highest BCUT2D eigenvalue weighted by Crippen LogP contribution is 2.04. The summed E-state index contributed by atoms with van der Waals surface area (Å²) in [5.41, 5.74) is 7.28. The van der Waals surface area contributed by atoms with Crippen LogP contribution in [0.5, 0.6) is 0 Å². The second-order valence-corrected chi connectivity index (χ2v) is 3.82. The normalized spacial score (nSPS) is 10.0. The highest BCUT2D eigenvalue weighted by molar-refractivity contribution is 7.80. The zero-order chi connectivity index (χ0) is 11.4. The van der Waals surface area contributed by atoms with Crippen LogP contribution in [0.2, 0.25) is 0 Å². The number of aromatic nitrogens is 2. The first-order valence-electron chi connectivity index (χ1n) is 4.53. The minimum atomic E-state index is -0.161. The van der Waals surface area contributed by atoms with Crippen LogP contribution in [0.4, 0.5) is 0 Å². The summed E-state index contributed by atoms with van der Waals surface area (Å²) in [7, 11) is 1.86. The Balaban J connectivity index is 2.47. The van der Waals surface area contributed by atoms with E-state index < -0.39 is 0 Å². The third kappa shape index (κ3) is 3.32. The lowest BCUT2D eigenvalue weighted by Gasteiger charge is -2.03. The van der Waals surface area contributed by atoms with Gasteiger partial charge in [-0.05, 0) is 6.92 Å². The minimum Gasteiger partial charge on any atom is -0.393 e. The quantitative estimate of drug-likeness (QED) is 0.710. The highest BCUT2D eigenvalue weighted by Gasteiger charge is 2.06. The summed E-state index contributed by atoms with van der Waals surface area (Å²) in [6.45, 7) is 2.41. The van der Waals surface area contributed by atoms with Crippen molar-refractivity contribution in [3.8, 4) is 0 Å². The van der Waals surface area contributed by atoms with Crippen LogP contribution in [0.15, 0.2) is 6.20 Å². The van der Waals surface area contributed by atoms with Gasteiger partial charge in [-0.3, -0.25) is 9.48 Å². The number of nitrogens with zero attached hydrogens (tertiary/aromatic N) is 2. The molecule has 1 aromatic rings. The molecular formula is C9H14N4OS. The van der Waals surface area contributed by atoms with Crippen LogP contribution >= 0.6 is 12.2 Å². The van der Waals surface area contributed by atoms with Crippen LogP contribution < -0.4 is 11.1 Å². The molecule has 0 bridgehead atoms. The molecule has 3 N–H and O–H groups in total. The summed E-state index contributed by atoms with van der Waals surface area (Å²) >= 11 is 4.63. The summed E-state index contributed by atoms with van der Waals surface area (Å²) in [6.07, 6.45) is 1.82. The van der Waals surface area contributed by atoms with Crippen molar-refractivity contribution in [1.82, 2.24) is 15.1 Å². The fourth-order valence-electron chi connectivity index (χ4n) is 1.13. The van der Waals surface area contributed by atoms with Crippen molar-refractivity contribution >= 4 is 23.1 Å². The number of thiocarbonyl (C=S) groups is 1. The van der Waals surface area contributed by atoms with Crippen LogP contribution in [0, 0.1) is 6.92 Å². The zero-order valence-corrected chi connectivity index (χ0v) is 9.60. The number of nitrogens with two attached hydrogens (primary N) is 1. The molecule has 82 valence electrons. The van der Waals surface area contributed by atoms with Gasteiger partial charge in [0.05, 0.1) is 17.6 Å². The molecule has 15 heavy (non-hydrogen) atoms. The van der Waals surface area contributed by atoms with E-state index >= 15 is 0 Å². The third-order valence-electron chi connectivity index (χ3n) is 2.15. The molecule has 0 aliphatic rings. The average Bonchev–Trinajstić information content (AvgIpc) is 2.44. The molecule has 0 atom stereocenters. The van der Waals surface area contributed by atoms with Gasteiger partial charge in [0.1, 0.15) is 0 Å². The van der Waals surface area contributed by atoms with Crippen molar-refractivity contribution in [2.45, 2.75) is 19.9 Å². The molecule has 0 saturated heterocycles. The molecule has 0 spiro atoms. The van der Waals surface area contributed by atoms with Crippen molar-refractivity contribution in [3.05, 3.63) is 17.5 Å². The lowest BCUT2D eigenvalue weighted by molar-refractivity contribution is -0.120. The number of aryl methyl sites for hydroxylation is 1. The molecule has 6 heteroatoms. The number of carbonyl (C=O) groups excluding carboxylic acids is 1. The second-order valence-electron chi connectivity index (χ2n) is 3.30. The Morgan fingerprint density at radius 1 is 1.73 bits per heavy atom. The molecule has 0 aliphatic carbocycles. The molecule has 0 unspecified atom stereocenters. The van der Waals surface area contributed by atoms with Crippen molar-refractivity contribution < 1.29 is 4.79 Å². The number of hydrogen-bond donors (Lipinski definition) is 2. The Morgan fingerprint density at radius 3 is 2.87 bits per heavy atom. The van der Waals surface area contributed by atoms with Crippen LogP contribution in [-0.2, 0) is 18.4 Å². The number of amides is 1. The summed E-state index contributed by atoms with van der Waals surface area (Å²) in [5.74, 6) is -0.161. The fourth-order valence-corrected chi connectivity index (χ4v) is 1.26. The van der Waals surface area contributed by atoms with E-state index in [-0.39, 0.29) is 17.3 Å². The van der Waals surface area contributed by atoms with Gasteiger partial charge < -0.3 is 11.1 Å². The molecule has 1 rings (SSSR count). The maximum absolute atomic E-state index is 11.2. The van der Waals surface area contributed by atoms with Gasteiger partial charge in [0.25, 0.3) is 0 Å². The maximum atomic E-state index is 11.2. The van der Waals surface area contributed by atoms with Gasteiger partial charge in [-0.1, -0.05) is 12.2 Å². The van der Waals surface area contributed by atoms with E-state index in [9.17, 15) is 4.79 Å². The summed E-state index contributed by atoms with van der Waals surface area (Å²) in [5, 5.41) is 6.79. The Bertz CT molecular complexity index is 385. The zero-order valence-electron chi connectivity index (χ0n) is 8.78. The van der Waals surface area contributed by atoms with E-state index in [1.165, 1.54) is 0 Å². The van der Waals surface area contributed by atoms with Crippen molar-refractivity contribution in [1.29, 1.82) is 0 Å². The molecule has 1 amide bonds. The number of carbonyl (C=O) groups is 1. The van der Waals surface area contributed by atoms with Gasteiger partial charge >= 0.3 is 0 Å². The molecule has 0 saturated carbocycles. The number of rotatable bonds is 4. The predicted octanol–water partition coefficient (Wildman–Crippen LogP) is 0.0209. The van der Waals surface area contributed by atoms with Gasteiger partial charge in [-0.15, -0.1) is 0 Å². The SMILES string of the molecule is Cc1c(CNC(=O)CC(N)=S)cnn1C. The van der Waals surface area contributed by atoms with Gasteiger partial charge in [-0.25, -0.2) is 0 Å². The molecule has 0 aromatic carbocycles. The topological polar surface area (TPSA) is 72.9 Å². The molecule has 1 heterocycles. The smallest absolute Gasteiger partial charge is 0.227 e. The molecule has 0 radical (unpaired) electrons. The van der Waals surface area contributed by atoms with Crippen LogP contribution in [0.1, 0.15) is 17.7 Å². The summed E-state index contributed by atoms with van der Waals surface area (Å²) in [6, 6.07) is 0. The lowest BCUT2D eigenvalue weighted by Crippen LogP contribution is -2.27. The summed E-state index contributed by atoms with van der Waals surface area (Å²) < 4.78 is 1.76. The van der Waals surface area contributed by atoms with Gasteiger partial charge in [0, 0.05) is 24.8 Å². The first-order chi connectivity index (χ1) is 7.00. The van der Waals surface area contributed by atoms with Gasteiger partial charge in [0.2, 0.25) is 5.91 Å². The van der Waals surface area contributed by atoms with Gasteiger partial charge in [-0.2, -0.15) is 5.10 Å². The van der Waals surface area contributed by atoms with E-state index in [2.05, 4.69) is 22.6 Å². The van der Waals surface area contributed by atoms with Gasteiger partial charge in [0.15, 0.2) is 0 Å². The Labute approximate surface area is 93.6 Å². The first-order valence-corrected chi connectivity index (χ1v) is 4.94. The molecule has 0 fully saturated rings. The Hall–Kier alpha value is -1.43. The second kappa shape index (κ2) is 4.88. The first kappa shape index (κ1) is 11.6. The number of nitrogens with one attached hydrogen (secondary N) is 1. The van der Waals surface area contributed by atoms with E-state index in [0.29, 0.717) is 6.54 Å². The van der Waals surface area contributed by atoms with Crippen molar-refractivity contribution in [3.63, 3.8) is 0 Å².